The zero-order valence-electron chi connectivity index (χ0n) is 18.5. The van der Waals surface area contributed by atoms with E-state index in [2.05, 4.69) is 10.1 Å². The van der Waals surface area contributed by atoms with Crippen LogP contribution >= 0.6 is 0 Å². The Hall–Kier alpha value is -3.75. The summed E-state index contributed by atoms with van der Waals surface area (Å²) in [7, 11) is 5.06. The molecule has 1 fully saturated rings. The van der Waals surface area contributed by atoms with Gasteiger partial charge >= 0.3 is 0 Å². The van der Waals surface area contributed by atoms with Crippen molar-refractivity contribution in [1.29, 1.82) is 0 Å². The number of H-pyrrole nitrogens is 1. The third-order valence-corrected chi connectivity index (χ3v) is 6.24. The zero-order chi connectivity index (χ0) is 22.6. The number of hydrogen-bond acceptors (Lipinski definition) is 5. The highest BCUT2D eigenvalue weighted by Crippen LogP contribution is 2.36. The van der Waals surface area contributed by atoms with Crippen molar-refractivity contribution in [3.8, 4) is 11.5 Å². The molecule has 0 spiro atoms. The summed E-state index contributed by atoms with van der Waals surface area (Å²) in [6, 6.07) is 8.85. The number of hydrogen-bond donors (Lipinski definition) is 1. The predicted molar refractivity (Wildman–Crippen MR) is 120 cm³/mol. The number of carbonyl (C=O) groups excluding carboxylic acids is 1. The van der Waals surface area contributed by atoms with E-state index in [0.717, 1.165) is 29.4 Å². The van der Waals surface area contributed by atoms with Crippen LogP contribution in [0.5, 0.6) is 11.5 Å². The molecular formula is C23H25N5O4. The van der Waals surface area contributed by atoms with Crippen LogP contribution < -0.4 is 15.0 Å². The number of aryl methyl sites for hydroxylation is 2. The summed E-state index contributed by atoms with van der Waals surface area (Å²) in [4.78, 5) is 32.2. The van der Waals surface area contributed by atoms with Gasteiger partial charge in [0.25, 0.3) is 11.5 Å². The molecule has 1 atom stereocenters. The average molecular weight is 435 g/mol. The molecule has 1 saturated heterocycles. The van der Waals surface area contributed by atoms with Gasteiger partial charge in [0.15, 0.2) is 17.1 Å². The maximum Gasteiger partial charge on any atom is 0.272 e. The largest absolute Gasteiger partial charge is 0.493 e. The molecule has 0 bridgehead atoms. The minimum absolute atomic E-state index is 0.0562. The first kappa shape index (κ1) is 20.2. The summed E-state index contributed by atoms with van der Waals surface area (Å²) in [6.45, 7) is 2.44. The van der Waals surface area contributed by atoms with Crippen molar-refractivity contribution in [3.63, 3.8) is 0 Å². The van der Waals surface area contributed by atoms with Crippen LogP contribution in [0.3, 0.4) is 0 Å². The molecule has 1 unspecified atom stereocenters. The summed E-state index contributed by atoms with van der Waals surface area (Å²) in [5.41, 5.74) is 3.36. The Bertz CT molecular complexity index is 1410. The maximum absolute atomic E-state index is 13.6. The van der Waals surface area contributed by atoms with Crippen LogP contribution in [-0.2, 0) is 7.05 Å². The lowest BCUT2D eigenvalue weighted by molar-refractivity contribution is 0.0723. The lowest BCUT2D eigenvalue weighted by atomic mass is 10.1. The third kappa shape index (κ3) is 3.04. The Morgan fingerprint density at radius 1 is 1.12 bits per heavy atom. The fourth-order valence-electron chi connectivity index (χ4n) is 4.65. The molecule has 9 heteroatoms. The lowest BCUT2D eigenvalue weighted by Crippen LogP contribution is -2.32. The van der Waals surface area contributed by atoms with Gasteiger partial charge in [0, 0.05) is 42.9 Å². The second-order valence-corrected chi connectivity index (χ2v) is 8.15. The van der Waals surface area contributed by atoms with Crippen LogP contribution in [0, 0.1) is 6.92 Å². The Labute approximate surface area is 184 Å². The first-order chi connectivity index (χ1) is 15.4. The number of nitrogens with zero attached hydrogens (tertiary/aromatic N) is 4. The van der Waals surface area contributed by atoms with Crippen molar-refractivity contribution in [2.75, 3.05) is 20.8 Å². The molecule has 4 heterocycles. The fourth-order valence-corrected chi connectivity index (χ4v) is 4.65. The summed E-state index contributed by atoms with van der Waals surface area (Å²) < 4.78 is 14.1. The molecule has 1 N–H and O–H groups in total. The van der Waals surface area contributed by atoms with Gasteiger partial charge in [-0.2, -0.15) is 0 Å². The molecule has 3 aromatic heterocycles. The van der Waals surface area contributed by atoms with Crippen molar-refractivity contribution >= 4 is 22.5 Å². The number of carbonyl (C=O) groups is 1. The molecule has 0 saturated carbocycles. The van der Waals surface area contributed by atoms with Gasteiger partial charge in [-0.3, -0.25) is 14.7 Å². The second kappa shape index (κ2) is 7.44. The molecule has 0 radical (unpaired) electrons. The Morgan fingerprint density at radius 3 is 2.62 bits per heavy atom. The quantitative estimate of drug-likeness (QED) is 0.532. The van der Waals surface area contributed by atoms with Crippen molar-refractivity contribution in [3.05, 3.63) is 57.8 Å². The first-order valence-electron chi connectivity index (χ1n) is 10.5. The van der Waals surface area contributed by atoms with Crippen LogP contribution in [0.2, 0.25) is 0 Å². The fraction of sp³-hybridized carbons (Fsp3) is 0.348. The minimum Gasteiger partial charge on any atom is -0.493 e. The molecule has 1 aliphatic heterocycles. The minimum atomic E-state index is -0.161. The summed E-state index contributed by atoms with van der Waals surface area (Å²) in [5.74, 6) is 1.18. The summed E-state index contributed by atoms with van der Waals surface area (Å²) in [5, 5.41) is 4.05. The van der Waals surface area contributed by atoms with E-state index in [1.54, 1.807) is 21.1 Å². The van der Waals surface area contributed by atoms with E-state index in [-0.39, 0.29) is 17.5 Å². The first-order valence-corrected chi connectivity index (χ1v) is 10.5. The van der Waals surface area contributed by atoms with Gasteiger partial charge in [0.05, 0.1) is 31.5 Å². The van der Waals surface area contributed by atoms with Crippen LogP contribution in [0.15, 0.2) is 35.1 Å². The molecule has 1 aromatic carbocycles. The van der Waals surface area contributed by atoms with Crippen molar-refractivity contribution in [1.82, 2.24) is 24.1 Å². The monoisotopic (exact) mass is 435 g/mol. The van der Waals surface area contributed by atoms with Crippen LogP contribution in [-0.4, -0.2) is 50.7 Å². The van der Waals surface area contributed by atoms with Gasteiger partial charge in [-0.15, -0.1) is 0 Å². The van der Waals surface area contributed by atoms with Crippen molar-refractivity contribution < 1.29 is 14.3 Å². The summed E-state index contributed by atoms with van der Waals surface area (Å²) >= 11 is 0. The second-order valence-electron chi connectivity index (χ2n) is 8.15. The van der Waals surface area contributed by atoms with E-state index in [0.29, 0.717) is 35.1 Å². The van der Waals surface area contributed by atoms with E-state index in [9.17, 15) is 9.59 Å². The highest BCUT2D eigenvalue weighted by Gasteiger charge is 2.33. The van der Waals surface area contributed by atoms with E-state index in [1.807, 2.05) is 40.8 Å². The third-order valence-electron chi connectivity index (χ3n) is 6.24. The molecule has 1 aliphatic rings. The number of benzene rings is 1. The smallest absolute Gasteiger partial charge is 0.272 e. The number of likely N-dealkylation sites (tertiary alicyclic amines) is 1. The maximum atomic E-state index is 13.6. The van der Waals surface area contributed by atoms with Gasteiger partial charge in [0.1, 0.15) is 5.69 Å². The highest BCUT2D eigenvalue weighted by atomic mass is 16.5. The van der Waals surface area contributed by atoms with Gasteiger partial charge < -0.3 is 18.9 Å². The zero-order valence-corrected chi connectivity index (χ0v) is 18.5. The van der Waals surface area contributed by atoms with E-state index < -0.39 is 0 Å². The Morgan fingerprint density at radius 2 is 1.88 bits per heavy atom. The molecule has 32 heavy (non-hydrogen) atoms. The van der Waals surface area contributed by atoms with E-state index in [1.165, 1.54) is 10.6 Å². The number of methoxy groups -OCH3 is 2. The van der Waals surface area contributed by atoms with E-state index in [4.69, 9.17) is 9.47 Å². The number of fused-ring (bicyclic) bond motifs is 2. The van der Waals surface area contributed by atoms with Crippen molar-refractivity contribution in [2.45, 2.75) is 25.8 Å². The number of aromatic amines is 1. The number of ether oxygens (including phenoxy) is 2. The number of nitrogens with one attached hydrogen (secondary N) is 1. The number of aromatic nitrogens is 4. The van der Waals surface area contributed by atoms with Crippen molar-refractivity contribution in [2.24, 2.45) is 7.05 Å². The SMILES string of the molecule is COc1cc2cc(C(=O)N3CCCC3c3cc4nc(C)cc(=O)n4[nH]3)n(C)c2cc1OC. The Kier molecular flexibility index (Phi) is 4.69. The average Bonchev–Trinajstić information content (AvgIpc) is 3.49. The molecule has 4 aromatic rings. The molecule has 5 rings (SSSR count). The molecule has 1 amide bonds. The van der Waals surface area contributed by atoms with Gasteiger partial charge in [-0.1, -0.05) is 0 Å². The Balaban J connectivity index is 1.54. The van der Waals surface area contributed by atoms with Gasteiger partial charge in [0.2, 0.25) is 0 Å². The van der Waals surface area contributed by atoms with Gasteiger partial charge in [-0.25, -0.2) is 9.50 Å². The molecule has 0 aliphatic carbocycles. The number of amides is 1. The predicted octanol–water partition coefficient (Wildman–Crippen LogP) is 2.82. The topological polar surface area (TPSA) is 93.9 Å². The van der Waals surface area contributed by atoms with E-state index >= 15 is 0 Å². The van der Waals surface area contributed by atoms with Gasteiger partial charge in [-0.05, 0) is 31.9 Å². The number of rotatable bonds is 4. The molecular weight excluding hydrogens is 410 g/mol. The normalized spacial score (nSPS) is 16.2. The van der Waals surface area contributed by atoms with Crippen LogP contribution in [0.1, 0.15) is 40.8 Å². The summed E-state index contributed by atoms with van der Waals surface area (Å²) in [6.07, 6.45) is 1.70. The lowest BCUT2D eigenvalue weighted by Gasteiger charge is -2.24. The molecule has 166 valence electrons. The van der Waals surface area contributed by atoms with Crippen LogP contribution in [0.4, 0.5) is 0 Å². The standard InChI is InChI=1S/C23H25N5O4/c1-13-8-22(29)28-21(24-13)11-15(25-28)16-6-5-7-27(16)23(30)18-9-14-10-19(31-3)20(32-4)12-17(14)26(18)2/h8-12,16,25H,5-7H2,1-4H3. The highest BCUT2D eigenvalue weighted by molar-refractivity contribution is 5.99. The molecule has 9 nitrogen and oxygen atoms in total. The van der Waals surface area contributed by atoms with Crippen LogP contribution in [0.25, 0.3) is 16.6 Å².